The Morgan fingerprint density at radius 3 is 2.63 bits per heavy atom. The van der Waals surface area contributed by atoms with E-state index >= 15 is 0 Å². The molecule has 0 aliphatic rings. The van der Waals surface area contributed by atoms with Crippen LogP contribution in [-0.4, -0.2) is 26.2 Å². The van der Waals surface area contributed by atoms with Crippen molar-refractivity contribution in [3.05, 3.63) is 29.8 Å². The molecule has 0 aromatic heterocycles. The number of nitrogens with zero attached hydrogens (tertiary/aromatic N) is 1. The van der Waals surface area contributed by atoms with Crippen LogP contribution in [0.2, 0.25) is 0 Å². The van der Waals surface area contributed by atoms with E-state index in [1.807, 2.05) is 0 Å². The normalized spacial score (nSPS) is 12.4. The lowest BCUT2D eigenvalue weighted by molar-refractivity contribution is 0.491. The van der Waals surface area contributed by atoms with Crippen molar-refractivity contribution in [2.75, 3.05) is 25.0 Å². The van der Waals surface area contributed by atoms with Crippen molar-refractivity contribution in [2.45, 2.75) is 52.5 Å². The number of para-hydroxylation sites is 1. The van der Waals surface area contributed by atoms with Gasteiger partial charge in [0.15, 0.2) is 0 Å². The molecule has 0 heterocycles. The molecule has 0 spiro atoms. The number of benzene rings is 1. The van der Waals surface area contributed by atoms with Crippen molar-refractivity contribution in [1.82, 2.24) is 5.32 Å². The molecule has 0 aliphatic carbocycles. The summed E-state index contributed by atoms with van der Waals surface area (Å²) in [4.78, 5) is 2.33. The number of hydrogen-bond donors (Lipinski definition) is 1. The van der Waals surface area contributed by atoms with Gasteiger partial charge in [0.2, 0.25) is 0 Å². The molecular weight excluding hydrogens is 232 g/mol. The van der Waals surface area contributed by atoms with Crippen molar-refractivity contribution < 1.29 is 0 Å². The Labute approximate surface area is 119 Å². The van der Waals surface area contributed by atoms with E-state index in [1.165, 1.54) is 36.9 Å². The smallest absolute Gasteiger partial charge is 0.0393 e. The summed E-state index contributed by atoms with van der Waals surface area (Å²) in [6.07, 6.45) is 5.30. The molecule has 1 aromatic carbocycles. The van der Waals surface area contributed by atoms with E-state index in [4.69, 9.17) is 0 Å². The molecule has 0 bridgehead atoms. The predicted octanol–water partition coefficient (Wildman–Crippen LogP) is 3.99. The molecule has 1 aromatic rings. The molecular formula is C17H30N2. The zero-order chi connectivity index (χ0) is 14.1. The lowest BCUT2D eigenvalue weighted by Gasteiger charge is -2.23. The van der Waals surface area contributed by atoms with Gasteiger partial charge in [-0.2, -0.15) is 0 Å². The quantitative estimate of drug-likeness (QED) is 0.677. The van der Waals surface area contributed by atoms with E-state index in [1.54, 1.807) is 0 Å². The van der Waals surface area contributed by atoms with Gasteiger partial charge in [-0.1, -0.05) is 44.4 Å². The largest absolute Gasteiger partial charge is 0.373 e. The van der Waals surface area contributed by atoms with E-state index in [0.717, 1.165) is 13.1 Å². The van der Waals surface area contributed by atoms with Crippen LogP contribution in [0.3, 0.4) is 0 Å². The third kappa shape index (κ3) is 6.11. The van der Waals surface area contributed by atoms with Gasteiger partial charge in [-0.25, -0.2) is 0 Å². The van der Waals surface area contributed by atoms with Gasteiger partial charge in [0.1, 0.15) is 0 Å². The molecule has 1 unspecified atom stereocenters. The lowest BCUT2D eigenvalue weighted by atomic mass is 10.1. The monoisotopic (exact) mass is 262 g/mol. The fourth-order valence-electron chi connectivity index (χ4n) is 2.39. The second-order valence-corrected chi connectivity index (χ2v) is 5.56. The first-order valence-corrected chi connectivity index (χ1v) is 7.65. The van der Waals surface area contributed by atoms with E-state index in [-0.39, 0.29) is 0 Å². The van der Waals surface area contributed by atoms with Crippen LogP contribution in [-0.2, 0) is 0 Å². The summed E-state index contributed by atoms with van der Waals surface area (Å²) in [5.41, 5.74) is 2.68. The van der Waals surface area contributed by atoms with Gasteiger partial charge in [-0.3, -0.25) is 0 Å². The van der Waals surface area contributed by atoms with Gasteiger partial charge in [-0.15, -0.1) is 0 Å². The minimum absolute atomic E-state index is 0.636. The summed E-state index contributed by atoms with van der Waals surface area (Å²) in [5, 5.41) is 3.62. The van der Waals surface area contributed by atoms with Crippen molar-refractivity contribution in [1.29, 1.82) is 0 Å². The van der Waals surface area contributed by atoms with Crippen LogP contribution >= 0.6 is 0 Å². The molecule has 0 radical (unpaired) electrons. The molecule has 0 aliphatic heterocycles. The maximum Gasteiger partial charge on any atom is 0.0393 e. The molecule has 108 valence electrons. The maximum atomic E-state index is 3.62. The van der Waals surface area contributed by atoms with Crippen molar-refractivity contribution >= 4 is 5.69 Å². The van der Waals surface area contributed by atoms with Crippen LogP contribution < -0.4 is 10.2 Å². The highest BCUT2D eigenvalue weighted by atomic mass is 15.1. The topological polar surface area (TPSA) is 15.3 Å². The predicted molar refractivity (Wildman–Crippen MR) is 86.1 cm³/mol. The molecule has 0 amide bonds. The maximum absolute atomic E-state index is 3.62. The number of hydrogen-bond acceptors (Lipinski definition) is 2. The molecule has 19 heavy (non-hydrogen) atoms. The van der Waals surface area contributed by atoms with Gasteiger partial charge in [0.05, 0.1) is 0 Å². The average molecular weight is 262 g/mol. The Bertz CT molecular complexity index is 349. The van der Waals surface area contributed by atoms with Crippen LogP contribution in [0.25, 0.3) is 0 Å². The number of rotatable bonds is 9. The summed E-state index contributed by atoms with van der Waals surface area (Å²) >= 11 is 0. The Hall–Kier alpha value is -1.02. The molecule has 2 heteroatoms. The first-order valence-electron chi connectivity index (χ1n) is 7.65. The SMILES string of the molecule is CCCCCC(C)NCCN(C)c1ccccc1C. The zero-order valence-corrected chi connectivity index (χ0v) is 13.1. The third-order valence-corrected chi connectivity index (χ3v) is 3.71. The second-order valence-electron chi connectivity index (χ2n) is 5.56. The van der Waals surface area contributed by atoms with E-state index < -0.39 is 0 Å². The number of anilines is 1. The standard InChI is InChI=1S/C17H30N2/c1-5-6-7-11-16(3)18-13-14-19(4)17-12-9-8-10-15(17)2/h8-10,12,16,18H,5-7,11,13-14H2,1-4H3. The first kappa shape index (κ1) is 16.0. The highest BCUT2D eigenvalue weighted by molar-refractivity contribution is 5.52. The Morgan fingerprint density at radius 2 is 1.95 bits per heavy atom. The van der Waals surface area contributed by atoms with E-state index in [0.29, 0.717) is 6.04 Å². The summed E-state index contributed by atoms with van der Waals surface area (Å²) in [5.74, 6) is 0. The van der Waals surface area contributed by atoms with Crippen molar-refractivity contribution in [2.24, 2.45) is 0 Å². The second kappa shape index (κ2) is 8.98. The number of likely N-dealkylation sites (N-methyl/N-ethyl adjacent to an activating group) is 1. The van der Waals surface area contributed by atoms with Crippen LogP contribution in [0.4, 0.5) is 5.69 Å². The van der Waals surface area contributed by atoms with Crippen LogP contribution in [0.15, 0.2) is 24.3 Å². The summed E-state index contributed by atoms with van der Waals surface area (Å²) in [6.45, 7) is 8.84. The van der Waals surface area contributed by atoms with Crippen LogP contribution in [0.1, 0.15) is 45.1 Å². The lowest BCUT2D eigenvalue weighted by Crippen LogP contribution is -2.34. The fourth-order valence-corrected chi connectivity index (χ4v) is 2.39. The summed E-state index contributed by atoms with van der Waals surface area (Å²) in [6, 6.07) is 9.21. The fraction of sp³-hybridized carbons (Fsp3) is 0.647. The number of nitrogens with one attached hydrogen (secondary N) is 1. The summed E-state index contributed by atoms with van der Waals surface area (Å²) < 4.78 is 0. The molecule has 0 saturated heterocycles. The van der Waals surface area contributed by atoms with Crippen LogP contribution in [0.5, 0.6) is 0 Å². The molecule has 1 rings (SSSR count). The van der Waals surface area contributed by atoms with Crippen molar-refractivity contribution in [3.63, 3.8) is 0 Å². The highest BCUT2D eigenvalue weighted by Gasteiger charge is 2.04. The van der Waals surface area contributed by atoms with Crippen molar-refractivity contribution in [3.8, 4) is 0 Å². The minimum atomic E-state index is 0.636. The molecule has 2 nitrogen and oxygen atoms in total. The number of unbranched alkanes of at least 4 members (excludes halogenated alkanes) is 2. The van der Waals surface area contributed by atoms with Gasteiger partial charge < -0.3 is 10.2 Å². The molecule has 0 fully saturated rings. The molecule has 1 N–H and O–H groups in total. The number of aryl methyl sites for hydroxylation is 1. The minimum Gasteiger partial charge on any atom is -0.373 e. The molecule has 1 atom stereocenters. The highest BCUT2D eigenvalue weighted by Crippen LogP contribution is 2.17. The van der Waals surface area contributed by atoms with Gasteiger partial charge in [-0.05, 0) is 31.9 Å². The van der Waals surface area contributed by atoms with E-state index in [9.17, 15) is 0 Å². The van der Waals surface area contributed by atoms with E-state index in [2.05, 4.69) is 62.3 Å². The van der Waals surface area contributed by atoms with Crippen LogP contribution in [0, 0.1) is 6.92 Å². The van der Waals surface area contributed by atoms with Gasteiger partial charge >= 0.3 is 0 Å². The average Bonchev–Trinajstić information content (AvgIpc) is 2.39. The molecule has 0 saturated carbocycles. The zero-order valence-electron chi connectivity index (χ0n) is 13.1. The third-order valence-electron chi connectivity index (χ3n) is 3.71. The Kier molecular flexibility index (Phi) is 7.57. The van der Waals surface area contributed by atoms with Gasteiger partial charge in [0.25, 0.3) is 0 Å². The summed E-state index contributed by atoms with van der Waals surface area (Å²) in [7, 11) is 2.17. The first-order chi connectivity index (χ1) is 9.15. The Morgan fingerprint density at radius 1 is 1.21 bits per heavy atom. The Balaban J connectivity index is 2.24. The van der Waals surface area contributed by atoms with Gasteiger partial charge in [0, 0.05) is 31.9 Å².